The molecule has 27 heavy (non-hydrogen) atoms. The van der Waals surface area contributed by atoms with Gasteiger partial charge in [0.2, 0.25) is 5.91 Å². The van der Waals surface area contributed by atoms with Crippen LogP contribution in [0.2, 0.25) is 0 Å². The van der Waals surface area contributed by atoms with E-state index >= 15 is 0 Å². The normalized spacial score (nSPS) is 21.9. The molecule has 0 radical (unpaired) electrons. The summed E-state index contributed by atoms with van der Waals surface area (Å²) in [4.78, 5) is 16.9. The van der Waals surface area contributed by atoms with E-state index in [0.29, 0.717) is 11.7 Å². The Hall–Kier alpha value is -3.03. The summed E-state index contributed by atoms with van der Waals surface area (Å²) in [6, 6.07) is 19.4. The lowest BCUT2D eigenvalue weighted by molar-refractivity contribution is -0.123. The van der Waals surface area contributed by atoms with E-state index in [0.717, 1.165) is 11.1 Å². The fourth-order valence-electron chi connectivity index (χ4n) is 3.29. The standard InChI is InChI=1S/C20H21N5O2/c1-13-17(14-8-4-2-5-9-14)23-24-18(13)19(26)21-12-16-22-20(27-25-16)15-10-6-3-7-11-15/h2-11,13,17-18,23-24H,12H2,1H3,(H,21,26). The zero-order valence-electron chi connectivity index (χ0n) is 14.9. The number of aromatic nitrogens is 2. The first-order valence-corrected chi connectivity index (χ1v) is 8.94. The number of nitrogens with zero attached hydrogens (tertiary/aromatic N) is 2. The van der Waals surface area contributed by atoms with Gasteiger partial charge in [-0.1, -0.05) is 60.6 Å². The number of carbonyl (C=O) groups excluding carboxylic acids is 1. The van der Waals surface area contributed by atoms with E-state index in [1.165, 1.54) is 0 Å². The third-order valence-corrected chi connectivity index (χ3v) is 4.80. The van der Waals surface area contributed by atoms with Crippen molar-refractivity contribution in [3.8, 4) is 11.5 Å². The molecular formula is C20H21N5O2. The van der Waals surface area contributed by atoms with E-state index in [1.807, 2.05) is 48.5 Å². The second-order valence-corrected chi connectivity index (χ2v) is 6.61. The van der Waals surface area contributed by atoms with Crippen LogP contribution in [-0.4, -0.2) is 22.1 Å². The Morgan fingerprint density at radius 1 is 1.07 bits per heavy atom. The summed E-state index contributed by atoms with van der Waals surface area (Å²) < 4.78 is 5.26. The van der Waals surface area contributed by atoms with Gasteiger partial charge >= 0.3 is 0 Å². The Morgan fingerprint density at radius 3 is 2.52 bits per heavy atom. The van der Waals surface area contributed by atoms with Crippen molar-refractivity contribution in [2.45, 2.75) is 25.6 Å². The highest BCUT2D eigenvalue weighted by atomic mass is 16.5. The lowest BCUT2D eigenvalue weighted by Gasteiger charge is -2.18. The number of hydrogen-bond donors (Lipinski definition) is 3. The fourth-order valence-corrected chi connectivity index (χ4v) is 3.29. The highest BCUT2D eigenvalue weighted by Crippen LogP contribution is 2.28. The first-order chi connectivity index (χ1) is 13.2. The Morgan fingerprint density at radius 2 is 1.78 bits per heavy atom. The van der Waals surface area contributed by atoms with Gasteiger partial charge in [-0.3, -0.25) is 4.79 Å². The molecule has 3 N–H and O–H groups in total. The molecule has 1 fully saturated rings. The number of hydrazine groups is 1. The maximum Gasteiger partial charge on any atom is 0.257 e. The summed E-state index contributed by atoms with van der Waals surface area (Å²) in [5, 5.41) is 6.82. The van der Waals surface area contributed by atoms with E-state index in [-0.39, 0.29) is 30.5 Å². The Kier molecular flexibility index (Phi) is 4.95. The first-order valence-electron chi connectivity index (χ1n) is 8.94. The van der Waals surface area contributed by atoms with Crippen molar-refractivity contribution in [1.82, 2.24) is 26.3 Å². The summed E-state index contributed by atoms with van der Waals surface area (Å²) in [6.07, 6.45) is 0. The SMILES string of the molecule is CC1C(C(=O)NCc2noc(-c3ccccc3)n2)NNC1c1ccccc1. The molecule has 1 aliphatic rings. The van der Waals surface area contributed by atoms with E-state index in [9.17, 15) is 4.79 Å². The molecule has 0 saturated carbocycles. The molecule has 4 rings (SSSR count). The van der Waals surface area contributed by atoms with Gasteiger partial charge in [-0.05, 0) is 17.7 Å². The van der Waals surface area contributed by atoms with Gasteiger partial charge in [0.25, 0.3) is 5.89 Å². The third-order valence-electron chi connectivity index (χ3n) is 4.80. The second-order valence-electron chi connectivity index (χ2n) is 6.61. The van der Waals surface area contributed by atoms with Crippen LogP contribution >= 0.6 is 0 Å². The van der Waals surface area contributed by atoms with Crippen LogP contribution in [0.15, 0.2) is 65.2 Å². The molecule has 7 nitrogen and oxygen atoms in total. The molecule has 1 amide bonds. The van der Waals surface area contributed by atoms with Gasteiger partial charge in [-0.2, -0.15) is 4.98 Å². The van der Waals surface area contributed by atoms with Gasteiger partial charge in [0, 0.05) is 11.5 Å². The maximum atomic E-state index is 12.6. The molecule has 3 aromatic rings. The fraction of sp³-hybridized carbons (Fsp3) is 0.250. The smallest absolute Gasteiger partial charge is 0.257 e. The molecule has 1 aliphatic heterocycles. The lowest BCUT2D eigenvalue weighted by atomic mass is 9.91. The average Bonchev–Trinajstić information content (AvgIpc) is 3.34. The van der Waals surface area contributed by atoms with E-state index in [2.05, 4.69) is 45.4 Å². The van der Waals surface area contributed by atoms with E-state index < -0.39 is 0 Å². The average molecular weight is 363 g/mol. The topological polar surface area (TPSA) is 92.1 Å². The van der Waals surface area contributed by atoms with Gasteiger partial charge in [0.05, 0.1) is 12.6 Å². The monoisotopic (exact) mass is 363 g/mol. The highest BCUT2D eigenvalue weighted by Gasteiger charge is 2.37. The van der Waals surface area contributed by atoms with Crippen molar-refractivity contribution in [2.24, 2.45) is 5.92 Å². The minimum absolute atomic E-state index is 0.0804. The Labute approximate surface area is 157 Å². The molecule has 0 bridgehead atoms. The number of benzene rings is 2. The van der Waals surface area contributed by atoms with Crippen molar-refractivity contribution < 1.29 is 9.32 Å². The molecule has 3 unspecified atom stereocenters. The predicted molar refractivity (Wildman–Crippen MR) is 100.0 cm³/mol. The molecule has 3 atom stereocenters. The quantitative estimate of drug-likeness (QED) is 0.644. The maximum absolute atomic E-state index is 12.6. The van der Waals surface area contributed by atoms with Crippen LogP contribution in [0.1, 0.15) is 24.4 Å². The van der Waals surface area contributed by atoms with Crippen LogP contribution in [0.25, 0.3) is 11.5 Å². The van der Waals surface area contributed by atoms with Crippen molar-refractivity contribution in [3.05, 3.63) is 72.1 Å². The van der Waals surface area contributed by atoms with Gasteiger partial charge < -0.3 is 9.84 Å². The highest BCUT2D eigenvalue weighted by molar-refractivity contribution is 5.82. The summed E-state index contributed by atoms with van der Waals surface area (Å²) in [5.41, 5.74) is 8.31. The minimum atomic E-state index is -0.337. The van der Waals surface area contributed by atoms with Gasteiger partial charge in [-0.25, -0.2) is 10.9 Å². The zero-order valence-corrected chi connectivity index (χ0v) is 14.9. The van der Waals surface area contributed by atoms with Gasteiger partial charge in [0.15, 0.2) is 5.82 Å². The van der Waals surface area contributed by atoms with Crippen molar-refractivity contribution in [3.63, 3.8) is 0 Å². The molecule has 2 aromatic carbocycles. The summed E-state index contributed by atoms with van der Waals surface area (Å²) >= 11 is 0. The van der Waals surface area contributed by atoms with E-state index in [4.69, 9.17) is 4.52 Å². The van der Waals surface area contributed by atoms with Crippen LogP contribution in [-0.2, 0) is 11.3 Å². The molecule has 138 valence electrons. The van der Waals surface area contributed by atoms with Gasteiger partial charge in [0.1, 0.15) is 6.04 Å². The predicted octanol–water partition coefficient (Wildman–Crippen LogP) is 2.21. The third kappa shape index (κ3) is 3.74. The molecular weight excluding hydrogens is 342 g/mol. The van der Waals surface area contributed by atoms with Crippen molar-refractivity contribution >= 4 is 5.91 Å². The van der Waals surface area contributed by atoms with E-state index in [1.54, 1.807) is 0 Å². The zero-order chi connectivity index (χ0) is 18.6. The molecule has 1 saturated heterocycles. The number of carbonyl (C=O) groups is 1. The molecule has 0 aliphatic carbocycles. The summed E-state index contributed by atoms with van der Waals surface area (Å²) in [7, 11) is 0. The minimum Gasteiger partial charge on any atom is -0.347 e. The number of nitrogens with one attached hydrogen (secondary N) is 3. The van der Waals surface area contributed by atoms with Gasteiger partial charge in [-0.15, -0.1) is 0 Å². The van der Waals surface area contributed by atoms with Crippen LogP contribution in [0.5, 0.6) is 0 Å². The van der Waals surface area contributed by atoms with Crippen LogP contribution in [0.4, 0.5) is 0 Å². The Balaban J connectivity index is 1.36. The molecule has 0 spiro atoms. The van der Waals surface area contributed by atoms with Crippen LogP contribution in [0, 0.1) is 5.92 Å². The Bertz CT molecular complexity index is 897. The van der Waals surface area contributed by atoms with Crippen LogP contribution < -0.4 is 16.2 Å². The number of amides is 1. The van der Waals surface area contributed by atoms with Crippen LogP contribution in [0.3, 0.4) is 0 Å². The largest absolute Gasteiger partial charge is 0.347 e. The van der Waals surface area contributed by atoms with Crippen molar-refractivity contribution in [1.29, 1.82) is 0 Å². The second kappa shape index (κ2) is 7.69. The molecule has 7 heteroatoms. The summed E-state index contributed by atoms with van der Waals surface area (Å²) in [6.45, 7) is 2.27. The number of rotatable bonds is 5. The first kappa shape index (κ1) is 17.4. The number of hydrogen-bond acceptors (Lipinski definition) is 6. The van der Waals surface area contributed by atoms with Crippen molar-refractivity contribution in [2.75, 3.05) is 0 Å². The molecule has 2 heterocycles. The molecule has 1 aromatic heterocycles. The summed E-state index contributed by atoms with van der Waals surface area (Å²) in [5.74, 6) is 0.885. The lowest BCUT2D eigenvalue weighted by Crippen LogP contribution is -2.45.